The van der Waals surface area contributed by atoms with E-state index in [-0.39, 0.29) is 31.0 Å². The highest BCUT2D eigenvalue weighted by molar-refractivity contribution is 5.81. The second-order valence-electron chi connectivity index (χ2n) is 8.61. The van der Waals surface area contributed by atoms with Crippen molar-refractivity contribution in [3.8, 4) is 11.1 Å². The van der Waals surface area contributed by atoms with Crippen molar-refractivity contribution in [1.82, 2.24) is 10.6 Å². The van der Waals surface area contributed by atoms with Crippen LogP contribution in [0.1, 0.15) is 42.7 Å². The number of hydrogen-bond acceptors (Lipinski definition) is 5. The van der Waals surface area contributed by atoms with Crippen LogP contribution in [0.15, 0.2) is 48.5 Å². The van der Waals surface area contributed by atoms with E-state index in [1.54, 1.807) is 0 Å². The first-order valence-electron chi connectivity index (χ1n) is 11.2. The second-order valence-corrected chi connectivity index (χ2v) is 8.61. The van der Waals surface area contributed by atoms with Crippen LogP contribution in [-0.2, 0) is 14.3 Å². The van der Waals surface area contributed by atoms with Crippen LogP contribution < -0.4 is 10.6 Å². The fraction of sp³-hybridized carbons (Fsp3) is 0.400. The number of fused-ring (bicyclic) bond motifs is 3. The molecule has 0 saturated heterocycles. The van der Waals surface area contributed by atoms with Gasteiger partial charge in [-0.1, -0.05) is 55.0 Å². The highest BCUT2D eigenvalue weighted by Gasteiger charge is 2.35. The summed E-state index contributed by atoms with van der Waals surface area (Å²) in [5, 5.41) is 23.8. The molecule has 0 aliphatic heterocycles. The molecule has 4 N–H and O–H groups in total. The molecule has 2 amide bonds. The van der Waals surface area contributed by atoms with Crippen molar-refractivity contribution in [3.05, 3.63) is 59.7 Å². The average molecular weight is 453 g/mol. The van der Waals surface area contributed by atoms with E-state index in [4.69, 9.17) is 9.84 Å². The maximum absolute atomic E-state index is 12.6. The van der Waals surface area contributed by atoms with Crippen LogP contribution in [0.3, 0.4) is 0 Å². The first-order chi connectivity index (χ1) is 15.9. The molecule has 174 valence electrons. The Labute approximate surface area is 192 Å². The van der Waals surface area contributed by atoms with E-state index >= 15 is 0 Å². The number of carboxylic acids is 1. The molecular formula is C25H28N2O6. The third-order valence-corrected chi connectivity index (χ3v) is 6.42. The summed E-state index contributed by atoms with van der Waals surface area (Å²) in [5.74, 6) is -1.92. The Hall–Kier alpha value is -3.39. The zero-order valence-corrected chi connectivity index (χ0v) is 18.2. The molecule has 2 aliphatic rings. The fourth-order valence-electron chi connectivity index (χ4n) is 4.86. The number of alkyl carbamates (subject to hydrolysis) is 1. The number of aliphatic carboxylic acids is 1. The standard InChI is InChI=1S/C25H28N2O6/c28-15(12-23(29)30)13-26-24(31)20-10-5-11-22(20)27-25(32)33-14-21-18-8-3-1-6-16(18)17-7-2-4-9-19(17)21/h1-4,6-9,15,20-22,28H,5,10-14H2,(H,26,31)(H,27,32)(H,29,30)/t15?,20-,22+/m1/s1. The number of nitrogens with one attached hydrogen (secondary N) is 2. The molecule has 0 spiro atoms. The fourth-order valence-corrected chi connectivity index (χ4v) is 4.86. The molecule has 4 rings (SSSR count). The molecule has 2 aliphatic carbocycles. The van der Waals surface area contributed by atoms with Gasteiger partial charge in [-0.25, -0.2) is 4.79 Å². The van der Waals surface area contributed by atoms with Crippen LogP contribution in [0.4, 0.5) is 4.79 Å². The van der Waals surface area contributed by atoms with Gasteiger partial charge in [-0.15, -0.1) is 0 Å². The van der Waals surface area contributed by atoms with Crippen LogP contribution in [0.5, 0.6) is 0 Å². The average Bonchev–Trinajstić information content (AvgIpc) is 3.38. The molecule has 1 unspecified atom stereocenters. The topological polar surface area (TPSA) is 125 Å². The van der Waals surface area contributed by atoms with Crippen molar-refractivity contribution in [3.63, 3.8) is 0 Å². The zero-order valence-electron chi connectivity index (χ0n) is 18.2. The number of amides is 2. The molecule has 0 heterocycles. The molecule has 0 radical (unpaired) electrons. The van der Waals surface area contributed by atoms with Crippen LogP contribution in [0.25, 0.3) is 11.1 Å². The van der Waals surface area contributed by atoms with Crippen molar-refractivity contribution >= 4 is 18.0 Å². The molecule has 1 fully saturated rings. The molecule has 2 aromatic rings. The SMILES string of the molecule is O=C(O)CC(O)CNC(=O)[C@@H]1CCC[C@@H]1NC(=O)OCC1c2ccccc2-c2ccccc21. The third-order valence-electron chi connectivity index (χ3n) is 6.42. The summed E-state index contributed by atoms with van der Waals surface area (Å²) >= 11 is 0. The van der Waals surface area contributed by atoms with Gasteiger partial charge < -0.3 is 25.6 Å². The number of carbonyl (C=O) groups excluding carboxylic acids is 2. The minimum absolute atomic E-state index is 0.0402. The third kappa shape index (κ3) is 5.17. The Morgan fingerprint density at radius 3 is 2.27 bits per heavy atom. The van der Waals surface area contributed by atoms with Crippen LogP contribution in [0, 0.1) is 5.92 Å². The monoisotopic (exact) mass is 452 g/mol. The van der Waals surface area contributed by atoms with Gasteiger partial charge in [0.15, 0.2) is 0 Å². The van der Waals surface area contributed by atoms with Gasteiger partial charge >= 0.3 is 12.1 Å². The summed E-state index contributed by atoms with van der Waals surface area (Å²) in [4.78, 5) is 35.7. The maximum Gasteiger partial charge on any atom is 0.407 e. The molecule has 33 heavy (non-hydrogen) atoms. The quantitative estimate of drug-likeness (QED) is 0.488. The highest BCUT2D eigenvalue weighted by Crippen LogP contribution is 2.44. The normalized spacial score (nSPS) is 19.9. The van der Waals surface area contributed by atoms with E-state index in [1.807, 2.05) is 24.3 Å². The van der Waals surface area contributed by atoms with Crippen molar-refractivity contribution in [2.75, 3.05) is 13.2 Å². The first-order valence-corrected chi connectivity index (χ1v) is 11.2. The molecule has 0 aromatic heterocycles. The summed E-state index contributed by atoms with van der Waals surface area (Å²) in [6, 6.07) is 15.8. The Morgan fingerprint density at radius 1 is 1.00 bits per heavy atom. The molecule has 1 saturated carbocycles. The largest absolute Gasteiger partial charge is 0.481 e. The number of carbonyl (C=O) groups is 3. The van der Waals surface area contributed by atoms with Gasteiger partial charge in [0.05, 0.1) is 18.4 Å². The van der Waals surface area contributed by atoms with Crippen LogP contribution >= 0.6 is 0 Å². The minimum Gasteiger partial charge on any atom is -0.481 e. The van der Waals surface area contributed by atoms with Crippen LogP contribution in [0.2, 0.25) is 0 Å². The van der Waals surface area contributed by atoms with E-state index < -0.39 is 30.5 Å². The minimum atomic E-state index is -1.15. The molecular weight excluding hydrogens is 424 g/mol. The molecule has 0 bridgehead atoms. The van der Waals surface area contributed by atoms with E-state index in [9.17, 15) is 19.5 Å². The van der Waals surface area contributed by atoms with Gasteiger partial charge in [-0.3, -0.25) is 9.59 Å². The summed E-state index contributed by atoms with van der Waals surface area (Å²) < 4.78 is 5.58. The molecule has 2 aromatic carbocycles. The predicted octanol–water partition coefficient (Wildman–Crippen LogP) is 2.65. The highest BCUT2D eigenvalue weighted by atomic mass is 16.5. The lowest BCUT2D eigenvalue weighted by atomic mass is 9.98. The van der Waals surface area contributed by atoms with E-state index in [1.165, 1.54) is 0 Å². The van der Waals surface area contributed by atoms with Gasteiger partial charge in [0.1, 0.15) is 6.61 Å². The summed E-state index contributed by atoms with van der Waals surface area (Å²) in [7, 11) is 0. The van der Waals surface area contributed by atoms with Gasteiger partial charge in [-0.05, 0) is 35.1 Å². The Bertz CT molecular complexity index is 994. The summed E-state index contributed by atoms with van der Waals surface area (Å²) in [5.41, 5.74) is 4.56. The summed E-state index contributed by atoms with van der Waals surface area (Å²) in [6.45, 7) is 0.0596. The predicted molar refractivity (Wildman–Crippen MR) is 121 cm³/mol. The number of rotatable bonds is 8. The van der Waals surface area contributed by atoms with Crippen molar-refractivity contribution in [2.45, 2.75) is 43.7 Å². The Kier molecular flexibility index (Phi) is 6.93. The molecule has 8 nitrogen and oxygen atoms in total. The Morgan fingerprint density at radius 2 is 1.64 bits per heavy atom. The maximum atomic E-state index is 12.6. The Balaban J connectivity index is 1.32. The van der Waals surface area contributed by atoms with Crippen molar-refractivity contribution in [2.24, 2.45) is 5.92 Å². The van der Waals surface area contributed by atoms with Gasteiger partial charge in [0.25, 0.3) is 0 Å². The number of hydrogen-bond donors (Lipinski definition) is 4. The van der Waals surface area contributed by atoms with Gasteiger partial charge in [-0.2, -0.15) is 0 Å². The van der Waals surface area contributed by atoms with E-state index in [0.29, 0.717) is 12.8 Å². The molecule has 8 heteroatoms. The number of carboxylic acid groups (broad SMARTS) is 1. The zero-order chi connectivity index (χ0) is 23.4. The van der Waals surface area contributed by atoms with Gasteiger partial charge in [0, 0.05) is 18.5 Å². The molecule has 3 atom stereocenters. The summed E-state index contributed by atoms with van der Waals surface area (Å²) in [6.07, 6.45) is -0.111. The first kappa shape index (κ1) is 22.8. The van der Waals surface area contributed by atoms with Gasteiger partial charge in [0.2, 0.25) is 5.91 Å². The number of aliphatic hydroxyl groups excluding tert-OH is 1. The number of aliphatic hydroxyl groups is 1. The number of ether oxygens (including phenoxy) is 1. The van der Waals surface area contributed by atoms with E-state index in [2.05, 4.69) is 34.9 Å². The van der Waals surface area contributed by atoms with Crippen LogP contribution in [-0.4, -0.2) is 53.5 Å². The van der Waals surface area contributed by atoms with E-state index in [0.717, 1.165) is 28.7 Å². The number of benzene rings is 2. The van der Waals surface area contributed by atoms with Crippen molar-refractivity contribution in [1.29, 1.82) is 0 Å². The second kappa shape index (κ2) is 10.0. The smallest absolute Gasteiger partial charge is 0.407 e. The lowest BCUT2D eigenvalue weighted by Crippen LogP contribution is -2.45. The lowest BCUT2D eigenvalue weighted by Gasteiger charge is -2.22. The lowest BCUT2D eigenvalue weighted by molar-refractivity contribution is -0.139. The van der Waals surface area contributed by atoms with Crippen molar-refractivity contribution < 1.29 is 29.3 Å².